The lowest BCUT2D eigenvalue weighted by molar-refractivity contribution is 0.144. The lowest BCUT2D eigenvalue weighted by Crippen LogP contribution is -2.21. The van der Waals surface area contributed by atoms with Crippen molar-refractivity contribution < 1.29 is 5.11 Å². The summed E-state index contributed by atoms with van der Waals surface area (Å²) >= 11 is 7.08. The quantitative estimate of drug-likeness (QED) is 0.547. The lowest BCUT2D eigenvalue weighted by atomic mass is 10.1. The Morgan fingerprint density at radius 2 is 2.04 bits per heavy atom. The highest BCUT2D eigenvalue weighted by atomic mass is 35.5. The zero-order valence-corrected chi connectivity index (χ0v) is 14.8. The number of aliphatic hydroxyl groups excluding tert-OH is 1. The SMILES string of the molecule is O=c1c2scnc2ncn1Cc1nnn(C[C@H](O)c2ccc(Cl)cc2)n1. The second-order valence-corrected chi connectivity index (χ2v) is 6.80. The normalized spacial score (nSPS) is 12.5. The summed E-state index contributed by atoms with van der Waals surface area (Å²) in [6.45, 7) is 0.270. The Kier molecular flexibility index (Phi) is 4.45. The fraction of sp³-hybridized carbons (Fsp3) is 0.200. The van der Waals surface area contributed by atoms with Gasteiger partial charge < -0.3 is 5.11 Å². The second-order valence-electron chi connectivity index (χ2n) is 5.51. The van der Waals surface area contributed by atoms with Gasteiger partial charge in [-0.2, -0.15) is 4.80 Å². The number of rotatable bonds is 5. The summed E-state index contributed by atoms with van der Waals surface area (Å²) in [4.78, 5) is 21.8. The predicted molar refractivity (Wildman–Crippen MR) is 95.0 cm³/mol. The van der Waals surface area contributed by atoms with Crippen LogP contribution in [0.15, 0.2) is 40.9 Å². The molecular formula is C15H12ClN7O2S. The maximum atomic E-state index is 12.4. The van der Waals surface area contributed by atoms with Crippen molar-refractivity contribution in [1.29, 1.82) is 0 Å². The zero-order chi connectivity index (χ0) is 18.1. The molecule has 3 aromatic heterocycles. The van der Waals surface area contributed by atoms with Gasteiger partial charge in [0.05, 0.1) is 18.6 Å². The van der Waals surface area contributed by atoms with Gasteiger partial charge in [-0.15, -0.1) is 21.5 Å². The summed E-state index contributed by atoms with van der Waals surface area (Å²) in [5.41, 5.74) is 2.51. The minimum atomic E-state index is -0.799. The highest BCUT2D eigenvalue weighted by molar-refractivity contribution is 7.16. The molecule has 0 bridgehead atoms. The number of fused-ring (bicyclic) bond motifs is 1. The van der Waals surface area contributed by atoms with E-state index in [2.05, 4.69) is 25.4 Å². The van der Waals surface area contributed by atoms with E-state index in [1.807, 2.05) is 0 Å². The minimum Gasteiger partial charge on any atom is -0.386 e. The van der Waals surface area contributed by atoms with Crippen LogP contribution in [0.2, 0.25) is 5.02 Å². The predicted octanol–water partition coefficient (Wildman–Crippen LogP) is 1.27. The van der Waals surface area contributed by atoms with E-state index in [-0.39, 0.29) is 18.6 Å². The van der Waals surface area contributed by atoms with E-state index in [1.165, 1.54) is 27.0 Å². The van der Waals surface area contributed by atoms with E-state index < -0.39 is 6.10 Å². The lowest BCUT2D eigenvalue weighted by Gasteiger charge is -2.09. The van der Waals surface area contributed by atoms with E-state index in [0.29, 0.717) is 26.8 Å². The number of aliphatic hydroxyl groups is 1. The molecule has 0 aliphatic carbocycles. The van der Waals surface area contributed by atoms with Crippen molar-refractivity contribution >= 4 is 33.3 Å². The first-order valence-corrected chi connectivity index (χ1v) is 8.85. The van der Waals surface area contributed by atoms with Crippen molar-refractivity contribution in [2.45, 2.75) is 19.2 Å². The molecule has 0 aliphatic rings. The molecule has 4 rings (SSSR count). The molecule has 0 unspecified atom stereocenters. The van der Waals surface area contributed by atoms with Crippen molar-refractivity contribution in [2.24, 2.45) is 0 Å². The number of hydrogen-bond acceptors (Lipinski definition) is 8. The molecule has 4 aromatic rings. The van der Waals surface area contributed by atoms with Crippen LogP contribution < -0.4 is 5.56 Å². The smallest absolute Gasteiger partial charge is 0.273 e. The summed E-state index contributed by atoms with van der Waals surface area (Å²) in [6.07, 6.45) is 0.612. The van der Waals surface area contributed by atoms with Gasteiger partial charge in [0.25, 0.3) is 5.56 Å². The molecule has 0 aliphatic heterocycles. The Bertz CT molecular complexity index is 1110. The number of aromatic nitrogens is 7. The topological polar surface area (TPSA) is 112 Å². The average molecular weight is 390 g/mol. The molecule has 0 spiro atoms. The standard InChI is InChI=1S/C15H12ClN7O2S/c16-10-3-1-9(2-4-10)11(24)5-23-20-12(19-21-23)6-22-7-17-14-13(15(22)25)26-8-18-14/h1-4,7-8,11,24H,5-6H2/t11-/m0/s1. The molecule has 0 amide bonds. The van der Waals surface area contributed by atoms with Crippen molar-refractivity contribution in [3.05, 3.63) is 62.9 Å². The summed E-state index contributed by atoms with van der Waals surface area (Å²) in [5.74, 6) is 0.348. The van der Waals surface area contributed by atoms with Gasteiger partial charge in [-0.1, -0.05) is 23.7 Å². The molecule has 0 saturated carbocycles. The average Bonchev–Trinajstić information content (AvgIpc) is 3.27. The molecule has 1 aromatic carbocycles. The van der Waals surface area contributed by atoms with E-state index >= 15 is 0 Å². The number of thiazole rings is 1. The third kappa shape index (κ3) is 3.34. The van der Waals surface area contributed by atoms with E-state index in [9.17, 15) is 9.90 Å². The van der Waals surface area contributed by atoms with Crippen molar-refractivity contribution in [3.63, 3.8) is 0 Å². The third-order valence-electron chi connectivity index (χ3n) is 3.72. The number of halogens is 1. The minimum absolute atomic E-state index is 0.135. The van der Waals surface area contributed by atoms with E-state index in [0.717, 1.165) is 0 Å². The molecule has 9 nitrogen and oxygen atoms in total. The molecule has 132 valence electrons. The first-order chi connectivity index (χ1) is 12.6. The number of nitrogens with zero attached hydrogens (tertiary/aromatic N) is 7. The van der Waals surface area contributed by atoms with Crippen molar-refractivity contribution in [3.8, 4) is 0 Å². The molecule has 11 heteroatoms. The molecule has 0 radical (unpaired) electrons. The Hall–Kier alpha value is -2.69. The van der Waals surface area contributed by atoms with Crippen LogP contribution in [-0.2, 0) is 13.1 Å². The van der Waals surface area contributed by atoms with Crippen LogP contribution in [0.25, 0.3) is 10.3 Å². The van der Waals surface area contributed by atoms with E-state index in [1.54, 1.807) is 29.8 Å². The van der Waals surface area contributed by atoms with Crippen LogP contribution in [0.1, 0.15) is 17.5 Å². The fourth-order valence-corrected chi connectivity index (χ4v) is 3.23. The van der Waals surface area contributed by atoms with Gasteiger partial charge in [0, 0.05) is 5.02 Å². The first kappa shape index (κ1) is 16.8. The van der Waals surface area contributed by atoms with E-state index in [4.69, 9.17) is 11.6 Å². The van der Waals surface area contributed by atoms with Crippen LogP contribution in [0.3, 0.4) is 0 Å². The third-order valence-corrected chi connectivity index (χ3v) is 4.78. The van der Waals surface area contributed by atoms with Crippen molar-refractivity contribution in [2.75, 3.05) is 0 Å². The summed E-state index contributed by atoms with van der Waals surface area (Å²) in [7, 11) is 0. The van der Waals surface area contributed by atoms with Crippen molar-refractivity contribution in [1.82, 2.24) is 34.7 Å². The molecule has 0 fully saturated rings. The van der Waals surface area contributed by atoms with Gasteiger partial charge in [-0.3, -0.25) is 9.36 Å². The monoisotopic (exact) mass is 389 g/mol. The van der Waals surface area contributed by atoms with Gasteiger partial charge in [0.15, 0.2) is 11.5 Å². The Morgan fingerprint density at radius 3 is 2.85 bits per heavy atom. The summed E-state index contributed by atoms with van der Waals surface area (Å²) in [5, 5.41) is 22.9. The number of tetrazole rings is 1. The molecule has 26 heavy (non-hydrogen) atoms. The van der Waals surface area contributed by atoms with Gasteiger partial charge >= 0.3 is 0 Å². The zero-order valence-electron chi connectivity index (χ0n) is 13.2. The van der Waals surface area contributed by atoms with Gasteiger partial charge in [0.1, 0.15) is 17.1 Å². The van der Waals surface area contributed by atoms with Crippen LogP contribution in [0.5, 0.6) is 0 Å². The molecule has 0 saturated heterocycles. The van der Waals surface area contributed by atoms with Crippen LogP contribution in [0.4, 0.5) is 0 Å². The van der Waals surface area contributed by atoms with Gasteiger partial charge in [-0.25, -0.2) is 9.97 Å². The summed E-state index contributed by atoms with van der Waals surface area (Å²) in [6, 6.07) is 6.88. The maximum Gasteiger partial charge on any atom is 0.273 e. The maximum absolute atomic E-state index is 12.4. The first-order valence-electron chi connectivity index (χ1n) is 7.59. The van der Waals surface area contributed by atoms with Crippen LogP contribution >= 0.6 is 22.9 Å². The Balaban J connectivity index is 1.49. The number of benzene rings is 1. The van der Waals surface area contributed by atoms with Gasteiger partial charge in [0.2, 0.25) is 0 Å². The second kappa shape index (κ2) is 6.90. The van der Waals surface area contributed by atoms with Crippen LogP contribution in [0, 0.1) is 0 Å². The molecule has 1 N–H and O–H groups in total. The molecule has 3 heterocycles. The molecular weight excluding hydrogens is 378 g/mol. The Labute approximate surface area is 155 Å². The molecule has 1 atom stereocenters. The Morgan fingerprint density at radius 1 is 1.23 bits per heavy atom. The fourth-order valence-electron chi connectivity index (χ4n) is 2.41. The highest BCUT2D eigenvalue weighted by Gasteiger charge is 2.13. The largest absolute Gasteiger partial charge is 0.386 e. The summed E-state index contributed by atoms with van der Waals surface area (Å²) < 4.78 is 1.88. The van der Waals surface area contributed by atoms with Crippen LogP contribution in [-0.4, -0.2) is 39.8 Å². The number of hydrogen-bond donors (Lipinski definition) is 1. The van der Waals surface area contributed by atoms with Gasteiger partial charge in [-0.05, 0) is 22.9 Å². The highest BCUT2D eigenvalue weighted by Crippen LogP contribution is 2.17.